The van der Waals surface area contributed by atoms with Gasteiger partial charge in [0.2, 0.25) is 9.84 Å². The molecule has 1 heterocycles. The van der Waals surface area contributed by atoms with Crippen LogP contribution in [0.3, 0.4) is 0 Å². The second-order valence-corrected chi connectivity index (χ2v) is 8.48. The molecule has 3 rings (SSSR count). The monoisotopic (exact) mass is 413 g/mol. The molecule has 0 fully saturated rings. The maximum absolute atomic E-state index is 13.2. The van der Waals surface area contributed by atoms with E-state index in [-0.39, 0.29) is 22.2 Å². The van der Waals surface area contributed by atoms with Crippen molar-refractivity contribution in [2.24, 2.45) is 0 Å². The standard InChI is InChI=1S/C22H23NO5S/c1-5-28-22(24)20-19(16-8-10-17(27-4)11-9-16)15(3)21(23-20)29(25,26)18-12-6-14(2)7-13-18/h6-13,23H,5H2,1-4H3. The Balaban J connectivity index is 2.21. The number of aromatic amines is 1. The van der Waals surface area contributed by atoms with Gasteiger partial charge in [0.25, 0.3) is 0 Å². The Kier molecular flexibility index (Phi) is 5.79. The van der Waals surface area contributed by atoms with Crippen LogP contribution in [0.5, 0.6) is 5.75 Å². The molecule has 1 N–H and O–H groups in total. The highest BCUT2D eigenvalue weighted by Crippen LogP contribution is 2.35. The first-order valence-corrected chi connectivity index (χ1v) is 10.6. The van der Waals surface area contributed by atoms with Gasteiger partial charge in [0, 0.05) is 5.56 Å². The lowest BCUT2D eigenvalue weighted by Crippen LogP contribution is -2.08. The first kappa shape index (κ1) is 20.7. The third kappa shape index (κ3) is 3.91. The van der Waals surface area contributed by atoms with Crippen LogP contribution in [0.4, 0.5) is 0 Å². The lowest BCUT2D eigenvalue weighted by atomic mass is 10.0. The molecule has 0 atom stereocenters. The molecule has 0 aliphatic carbocycles. The molecule has 0 aliphatic rings. The molecule has 0 saturated carbocycles. The maximum atomic E-state index is 13.2. The molecule has 1 aromatic heterocycles. The Morgan fingerprint density at radius 2 is 1.62 bits per heavy atom. The van der Waals surface area contributed by atoms with Gasteiger partial charge < -0.3 is 14.5 Å². The third-order valence-corrected chi connectivity index (χ3v) is 6.50. The number of nitrogens with one attached hydrogen (secondary N) is 1. The third-order valence-electron chi connectivity index (χ3n) is 4.66. The summed E-state index contributed by atoms with van der Waals surface area (Å²) in [6, 6.07) is 13.7. The molecule has 0 aliphatic heterocycles. The minimum absolute atomic E-state index is 0.0183. The number of benzene rings is 2. The predicted molar refractivity (Wildman–Crippen MR) is 110 cm³/mol. The lowest BCUT2D eigenvalue weighted by Gasteiger charge is -2.07. The SMILES string of the molecule is CCOC(=O)c1[nH]c(S(=O)(=O)c2ccc(C)cc2)c(C)c1-c1ccc(OC)cc1. The average molecular weight is 413 g/mol. The number of sulfone groups is 1. The van der Waals surface area contributed by atoms with E-state index < -0.39 is 15.8 Å². The van der Waals surface area contributed by atoms with Gasteiger partial charge in [0.1, 0.15) is 16.5 Å². The number of carbonyl (C=O) groups excluding carboxylic acids is 1. The molecule has 2 aromatic carbocycles. The van der Waals surface area contributed by atoms with E-state index in [1.807, 2.05) is 6.92 Å². The molecule has 0 radical (unpaired) electrons. The number of hydrogen-bond acceptors (Lipinski definition) is 5. The smallest absolute Gasteiger partial charge is 0.355 e. The molecule has 0 saturated heterocycles. The van der Waals surface area contributed by atoms with E-state index in [0.29, 0.717) is 22.4 Å². The van der Waals surface area contributed by atoms with Crippen LogP contribution in [0.2, 0.25) is 0 Å². The largest absolute Gasteiger partial charge is 0.497 e. The van der Waals surface area contributed by atoms with Crippen LogP contribution >= 0.6 is 0 Å². The number of methoxy groups -OCH3 is 1. The van der Waals surface area contributed by atoms with E-state index in [4.69, 9.17) is 9.47 Å². The summed E-state index contributed by atoms with van der Waals surface area (Å²) in [5.74, 6) is 0.0545. The second kappa shape index (κ2) is 8.13. The van der Waals surface area contributed by atoms with Crippen molar-refractivity contribution >= 4 is 15.8 Å². The van der Waals surface area contributed by atoms with Gasteiger partial charge >= 0.3 is 5.97 Å². The molecule has 7 heteroatoms. The second-order valence-electron chi connectivity index (χ2n) is 6.59. The lowest BCUT2D eigenvalue weighted by molar-refractivity contribution is 0.0520. The van der Waals surface area contributed by atoms with E-state index in [2.05, 4.69) is 4.98 Å². The minimum Gasteiger partial charge on any atom is -0.497 e. The normalized spacial score (nSPS) is 11.3. The van der Waals surface area contributed by atoms with E-state index >= 15 is 0 Å². The summed E-state index contributed by atoms with van der Waals surface area (Å²) in [4.78, 5) is 15.5. The van der Waals surface area contributed by atoms with Gasteiger partial charge in [-0.3, -0.25) is 0 Å². The van der Waals surface area contributed by atoms with Crippen LogP contribution in [0.15, 0.2) is 58.5 Å². The molecule has 29 heavy (non-hydrogen) atoms. The number of rotatable bonds is 6. The van der Waals surface area contributed by atoms with Crippen LogP contribution in [-0.4, -0.2) is 33.1 Å². The van der Waals surface area contributed by atoms with E-state index in [1.165, 1.54) is 0 Å². The van der Waals surface area contributed by atoms with Crippen LogP contribution in [0.25, 0.3) is 11.1 Å². The van der Waals surface area contributed by atoms with Gasteiger partial charge in [-0.15, -0.1) is 0 Å². The quantitative estimate of drug-likeness (QED) is 0.609. The summed E-state index contributed by atoms with van der Waals surface area (Å²) in [6.07, 6.45) is 0. The van der Waals surface area contributed by atoms with Crippen LogP contribution in [0, 0.1) is 13.8 Å². The molecule has 0 amide bonds. The maximum Gasteiger partial charge on any atom is 0.355 e. The number of ether oxygens (including phenoxy) is 2. The minimum atomic E-state index is -3.85. The molecule has 0 bridgehead atoms. The zero-order valence-electron chi connectivity index (χ0n) is 16.8. The zero-order valence-corrected chi connectivity index (χ0v) is 17.6. The van der Waals surface area contributed by atoms with Gasteiger partial charge in [0.05, 0.1) is 18.6 Å². The van der Waals surface area contributed by atoms with Gasteiger partial charge in [-0.2, -0.15) is 0 Å². The van der Waals surface area contributed by atoms with Crippen molar-refractivity contribution in [3.8, 4) is 16.9 Å². The van der Waals surface area contributed by atoms with Crippen molar-refractivity contribution in [1.29, 1.82) is 0 Å². The number of hydrogen-bond donors (Lipinski definition) is 1. The Morgan fingerprint density at radius 1 is 1.00 bits per heavy atom. The Bertz CT molecular complexity index is 1130. The van der Waals surface area contributed by atoms with Gasteiger partial charge in [-0.25, -0.2) is 13.2 Å². The number of esters is 1. The van der Waals surface area contributed by atoms with Crippen molar-refractivity contribution in [3.05, 3.63) is 65.4 Å². The van der Waals surface area contributed by atoms with Crippen LogP contribution in [0.1, 0.15) is 28.5 Å². The highest BCUT2D eigenvalue weighted by Gasteiger charge is 2.29. The summed E-state index contributed by atoms with van der Waals surface area (Å²) < 4.78 is 36.8. The van der Waals surface area contributed by atoms with Crippen molar-refractivity contribution in [1.82, 2.24) is 4.98 Å². The molecule has 6 nitrogen and oxygen atoms in total. The number of H-pyrrole nitrogens is 1. The molecule has 152 valence electrons. The average Bonchev–Trinajstić information content (AvgIpc) is 3.06. The fraction of sp³-hybridized carbons (Fsp3) is 0.227. The number of carbonyl (C=O) groups is 1. The fourth-order valence-electron chi connectivity index (χ4n) is 3.15. The molecule has 0 spiro atoms. The van der Waals surface area contributed by atoms with E-state index in [9.17, 15) is 13.2 Å². The zero-order chi connectivity index (χ0) is 21.2. The van der Waals surface area contributed by atoms with Crippen molar-refractivity contribution in [3.63, 3.8) is 0 Å². The molecular formula is C22H23NO5S. The summed E-state index contributed by atoms with van der Waals surface area (Å²) in [7, 11) is -2.28. The number of aromatic nitrogens is 1. The van der Waals surface area contributed by atoms with Crippen molar-refractivity contribution < 1.29 is 22.7 Å². The highest BCUT2D eigenvalue weighted by atomic mass is 32.2. The fourth-order valence-corrected chi connectivity index (χ4v) is 4.62. The number of aryl methyl sites for hydroxylation is 1. The van der Waals surface area contributed by atoms with Crippen molar-refractivity contribution in [2.45, 2.75) is 30.7 Å². The summed E-state index contributed by atoms with van der Waals surface area (Å²) >= 11 is 0. The molecular weight excluding hydrogens is 390 g/mol. The van der Waals surface area contributed by atoms with E-state index in [1.54, 1.807) is 69.5 Å². The summed E-state index contributed by atoms with van der Waals surface area (Å²) in [5, 5.41) is -0.0183. The first-order valence-electron chi connectivity index (χ1n) is 9.15. The summed E-state index contributed by atoms with van der Waals surface area (Å²) in [6.45, 7) is 5.44. The molecule has 3 aromatic rings. The van der Waals surface area contributed by atoms with Crippen LogP contribution in [-0.2, 0) is 14.6 Å². The Morgan fingerprint density at radius 3 is 2.17 bits per heavy atom. The Labute approximate surface area is 170 Å². The molecule has 0 unspecified atom stereocenters. The van der Waals surface area contributed by atoms with Crippen LogP contribution < -0.4 is 4.74 Å². The summed E-state index contributed by atoms with van der Waals surface area (Å²) in [5.41, 5.74) is 2.71. The topological polar surface area (TPSA) is 85.5 Å². The predicted octanol–water partition coefficient (Wildman–Crippen LogP) is 4.32. The van der Waals surface area contributed by atoms with Crippen molar-refractivity contribution in [2.75, 3.05) is 13.7 Å². The van der Waals surface area contributed by atoms with Gasteiger partial charge in [0.15, 0.2) is 0 Å². The van der Waals surface area contributed by atoms with Gasteiger partial charge in [-0.05, 0) is 56.2 Å². The van der Waals surface area contributed by atoms with Gasteiger partial charge in [-0.1, -0.05) is 29.8 Å². The van der Waals surface area contributed by atoms with E-state index in [0.717, 1.165) is 5.56 Å². The first-order chi connectivity index (χ1) is 13.8. The Hall–Kier alpha value is -3.06. The highest BCUT2D eigenvalue weighted by molar-refractivity contribution is 7.91.